The summed E-state index contributed by atoms with van der Waals surface area (Å²) in [6, 6.07) is 0. The summed E-state index contributed by atoms with van der Waals surface area (Å²) in [4.78, 5) is 11.9. The highest BCUT2D eigenvalue weighted by Gasteiger charge is 2.51. The van der Waals surface area contributed by atoms with Gasteiger partial charge in [0.1, 0.15) is 0 Å². The molecular weight excluding hydrogens is 192 g/mol. The molecule has 0 atom stereocenters. The van der Waals surface area contributed by atoms with E-state index in [9.17, 15) is 9.90 Å². The molecule has 1 saturated carbocycles. The summed E-state index contributed by atoms with van der Waals surface area (Å²) in [5.41, 5.74) is 3.62. The van der Waals surface area contributed by atoms with Crippen molar-refractivity contribution < 1.29 is 9.90 Å². The van der Waals surface area contributed by atoms with E-state index in [-0.39, 0.29) is 11.3 Å². The van der Waals surface area contributed by atoms with Crippen LogP contribution in [0.25, 0.3) is 0 Å². The summed E-state index contributed by atoms with van der Waals surface area (Å²) in [5.74, 6) is -0.0304. The molecule has 0 aromatic heterocycles. The highest BCUT2D eigenvalue weighted by atomic mass is 16.3. The predicted octanol–water partition coefficient (Wildman–Crippen LogP) is 0.391. The van der Waals surface area contributed by atoms with Gasteiger partial charge in [-0.05, 0) is 40.5 Å². The van der Waals surface area contributed by atoms with Gasteiger partial charge in [-0.3, -0.25) is 4.79 Å². The minimum absolute atomic E-state index is 0.0304. The molecule has 88 valence electrons. The van der Waals surface area contributed by atoms with Crippen molar-refractivity contribution in [2.24, 2.45) is 11.1 Å². The topological polar surface area (TPSA) is 75.3 Å². The number of amides is 1. The maximum atomic E-state index is 11.9. The summed E-state index contributed by atoms with van der Waals surface area (Å²) in [6.07, 6.45) is 1.72. The largest absolute Gasteiger partial charge is 0.388 e. The van der Waals surface area contributed by atoms with Gasteiger partial charge in [-0.1, -0.05) is 0 Å². The summed E-state index contributed by atoms with van der Waals surface area (Å²) in [6.45, 7) is 7.40. The molecule has 4 nitrogen and oxygen atoms in total. The number of nitrogens with two attached hydrogens (primary N) is 1. The Labute approximate surface area is 91.2 Å². The Morgan fingerprint density at radius 2 is 1.87 bits per heavy atom. The van der Waals surface area contributed by atoms with E-state index in [1.54, 1.807) is 13.8 Å². The number of carbonyl (C=O) groups is 1. The Balaban J connectivity index is 2.66. The Morgan fingerprint density at radius 3 is 2.13 bits per heavy atom. The normalized spacial score (nSPS) is 19.9. The molecule has 0 unspecified atom stereocenters. The second-order valence-electron chi connectivity index (χ2n) is 5.62. The van der Waals surface area contributed by atoms with Crippen molar-refractivity contribution in [1.82, 2.24) is 5.32 Å². The van der Waals surface area contributed by atoms with E-state index in [1.807, 2.05) is 13.8 Å². The summed E-state index contributed by atoms with van der Waals surface area (Å²) < 4.78 is 0. The average molecular weight is 214 g/mol. The molecule has 1 aliphatic rings. The minimum Gasteiger partial charge on any atom is -0.388 e. The number of rotatable bonds is 4. The lowest BCUT2D eigenvalue weighted by atomic mass is 9.85. The van der Waals surface area contributed by atoms with Crippen LogP contribution in [0.5, 0.6) is 0 Å². The van der Waals surface area contributed by atoms with E-state index < -0.39 is 11.1 Å². The molecule has 4 heteroatoms. The van der Waals surface area contributed by atoms with E-state index in [0.717, 1.165) is 12.8 Å². The highest BCUT2D eigenvalue weighted by molar-refractivity contribution is 5.86. The van der Waals surface area contributed by atoms with Crippen molar-refractivity contribution in [3.05, 3.63) is 0 Å². The third-order valence-corrected chi connectivity index (χ3v) is 3.68. The SMILES string of the molecule is CC(C)(O)C(C)(C)NC(=O)C1(CN)CC1. The van der Waals surface area contributed by atoms with Gasteiger partial charge < -0.3 is 16.2 Å². The molecule has 1 amide bonds. The zero-order valence-electron chi connectivity index (χ0n) is 10.1. The van der Waals surface area contributed by atoms with Crippen molar-refractivity contribution in [1.29, 1.82) is 0 Å². The number of aliphatic hydroxyl groups is 1. The monoisotopic (exact) mass is 214 g/mol. The number of nitrogens with one attached hydrogen (secondary N) is 1. The van der Waals surface area contributed by atoms with Crippen LogP contribution >= 0.6 is 0 Å². The van der Waals surface area contributed by atoms with Crippen LogP contribution in [-0.2, 0) is 4.79 Å². The van der Waals surface area contributed by atoms with E-state index in [1.165, 1.54) is 0 Å². The first kappa shape index (κ1) is 12.5. The van der Waals surface area contributed by atoms with Gasteiger partial charge in [0.2, 0.25) is 5.91 Å². The van der Waals surface area contributed by atoms with Crippen LogP contribution in [0, 0.1) is 5.41 Å². The third kappa shape index (κ3) is 2.32. The van der Waals surface area contributed by atoms with Gasteiger partial charge in [0.15, 0.2) is 0 Å². The van der Waals surface area contributed by atoms with Gasteiger partial charge in [0.05, 0.1) is 16.6 Å². The van der Waals surface area contributed by atoms with Crippen molar-refractivity contribution in [3.63, 3.8) is 0 Å². The van der Waals surface area contributed by atoms with Gasteiger partial charge in [-0.2, -0.15) is 0 Å². The molecule has 15 heavy (non-hydrogen) atoms. The van der Waals surface area contributed by atoms with Crippen LogP contribution in [0.3, 0.4) is 0 Å². The maximum Gasteiger partial charge on any atom is 0.228 e. The lowest BCUT2D eigenvalue weighted by molar-refractivity contribution is -0.131. The molecule has 4 N–H and O–H groups in total. The first-order valence-electron chi connectivity index (χ1n) is 5.40. The van der Waals surface area contributed by atoms with Crippen molar-refractivity contribution in [2.45, 2.75) is 51.7 Å². The smallest absolute Gasteiger partial charge is 0.228 e. The Kier molecular flexibility index (Phi) is 2.87. The average Bonchev–Trinajstić information content (AvgIpc) is 2.80. The lowest BCUT2D eigenvalue weighted by Crippen LogP contribution is -2.59. The molecule has 0 heterocycles. The van der Waals surface area contributed by atoms with Crippen LogP contribution in [0.2, 0.25) is 0 Å². The predicted molar refractivity (Wildman–Crippen MR) is 59.2 cm³/mol. The molecule has 0 bridgehead atoms. The van der Waals surface area contributed by atoms with Gasteiger partial charge >= 0.3 is 0 Å². The summed E-state index contributed by atoms with van der Waals surface area (Å²) in [7, 11) is 0. The van der Waals surface area contributed by atoms with Crippen molar-refractivity contribution in [3.8, 4) is 0 Å². The molecule has 1 aliphatic carbocycles. The fraction of sp³-hybridized carbons (Fsp3) is 0.909. The van der Waals surface area contributed by atoms with Gasteiger partial charge in [-0.25, -0.2) is 0 Å². The summed E-state index contributed by atoms with van der Waals surface area (Å²) >= 11 is 0. The van der Waals surface area contributed by atoms with E-state index in [0.29, 0.717) is 6.54 Å². The zero-order chi connectivity index (χ0) is 11.9. The maximum absolute atomic E-state index is 11.9. The first-order chi connectivity index (χ1) is 6.65. The Hall–Kier alpha value is -0.610. The molecule has 0 aromatic carbocycles. The second-order valence-corrected chi connectivity index (χ2v) is 5.62. The van der Waals surface area contributed by atoms with E-state index in [4.69, 9.17) is 5.73 Å². The van der Waals surface area contributed by atoms with Crippen molar-refractivity contribution >= 4 is 5.91 Å². The standard InChI is InChI=1S/C11H22N2O2/c1-9(2,10(3,4)15)13-8(14)11(7-12)5-6-11/h15H,5-7,12H2,1-4H3,(H,13,14). The first-order valence-corrected chi connectivity index (χ1v) is 5.40. The number of hydrogen-bond acceptors (Lipinski definition) is 3. The zero-order valence-corrected chi connectivity index (χ0v) is 10.1. The second kappa shape index (κ2) is 3.46. The molecule has 1 fully saturated rings. The fourth-order valence-electron chi connectivity index (χ4n) is 1.24. The molecule has 0 aliphatic heterocycles. The van der Waals surface area contributed by atoms with Crippen LogP contribution in [0.4, 0.5) is 0 Å². The molecule has 0 aromatic rings. The summed E-state index contributed by atoms with van der Waals surface area (Å²) in [5, 5.41) is 12.8. The molecule has 0 radical (unpaired) electrons. The Morgan fingerprint density at radius 1 is 1.40 bits per heavy atom. The quantitative estimate of drug-likeness (QED) is 0.633. The van der Waals surface area contributed by atoms with Gasteiger partial charge in [0, 0.05) is 6.54 Å². The van der Waals surface area contributed by atoms with Gasteiger partial charge in [-0.15, -0.1) is 0 Å². The highest BCUT2D eigenvalue weighted by Crippen LogP contribution is 2.45. The van der Waals surface area contributed by atoms with Crippen LogP contribution in [0.15, 0.2) is 0 Å². The molecule has 0 spiro atoms. The number of carbonyl (C=O) groups excluding carboxylic acids is 1. The van der Waals surface area contributed by atoms with Crippen LogP contribution in [0.1, 0.15) is 40.5 Å². The van der Waals surface area contributed by atoms with Gasteiger partial charge in [0.25, 0.3) is 0 Å². The van der Waals surface area contributed by atoms with Crippen LogP contribution < -0.4 is 11.1 Å². The lowest BCUT2D eigenvalue weighted by Gasteiger charge is -2.39. The van der Waals surface area contributed by atoms with E-state index in [2.05, 4.69) is 5.32 Å². The van der Waals surface area contributed by atoms with Crippen LogP contribution in [-0.4, -0.2) is 28.7 Å². The van der Waals surface area contributed by atoms with Crippen molar-refractivity contribution in [2.75, 3.05) is 6.54 Å². The van der Waals surface area contributed by atoms with E-state index >= 15 is 0 Å². The third-order valence-electron chi connectivity index (χ3n) is 3.68. The fourth-order valence-corrected chi connectivity index (χ4v) is 1.24. The molecular formula is C11H22N2O2. The Bertz CT molecular complexity index is 262. The molecule has 0 saturated heterocycles. The number of hydrogen-bond donors (Lipinski definition) is 3. The minimum atomic E-state index is -0.951. The molecule has 1 rings (SSSR count).